The topological polar surface area (TPSA) is 94.5 Å². The average Bonchev–Trinajstić information content (AvgIpc) is 2.88. The molecule has 9 heteroatoms. The highest BCUT2D eigenvalue weighted by Crippen LogP contribution is 2.43. The molecule has 3 aromatic rings. The average molecular weight is 436 g/mol. The molecule has 0 fully saturated rings. The number of hydrogen-bond donors (Lipinski definition) is 0. The number of thioether (sulfide) groups is 1. The van der Waals surface area contributed by atoms with Crippen molar-refractivity contribution in [3.8, 4) is 22.9 Å². The maximum Gasteiger partial charge on any atom is 0.308 e. The highest BCUT2D eigenvalue weighted by atomic mass is 32.2. The monoisotopic (exact) mass is 436 g/mol. The van der Waals surface area contributed by atoms with Gasteiger partial charge in [-0.05, 0) is 24.0 Å². The van der Waals surface area contributed by atoms with E-state index in [1.807, 2.05) is 31.2 Å². The zero-order valence-corrected chi connectivity index (χ0v) is 18.0. The molecule has 8 nitrogen and oxygen atoms in total. The lowest BCUT2D eigenvalue weighted by atomic mass is 10.1. The van der Waals surface area contributed by atoms with E-state index in [-0.39, 0.29) is 11.8 Å². The molecule has 31 heavy (non-hydrogen) atoms. The zero-order chi connectivity index (χ0) is 22.0. The number of carbonyl (C=O) groups is 2. The summed E-state index contributed by atoms with van der Waals surface area (Å²) in [5.41, 5.74) is 2.41. The fraction of sp³-hybridized carbons (Fsp3) is 0.227. The number of anilines is 1. The van der Waals surface area contributed by atoms with Crippen molar-refractivity contribution in [2.75, 3.05) is 10.7 Å². The molecule has 1 atom stereocenters. The van der Waals surface area contributed by atoms with Crippen LogP contribution in [0.15, 0.2) is 53.7 Å². The van der Waals surface area contributed by atoms with Crippen LogP contribution in [0.4, 0.5) is 5.69 Å². The number of esters is 1. The number of benzene rings is 2. The van der Waals surface area contributed by atoms with Crippen molar-refractivity contribution in [1.29, 1.82) is 0 Å². The Bertz CT molecular complexity index is 1150. The van der Waals surface area contributed by atoms with Crippen molar-refractivity contribution in [3.63, 3.8) is 0 Å². The van der Waals surface area contributed by atoms with Gasteiger partial charge in [0.05, 0.1) is 5.69 Å². The lowest BCUT2D eigenvalue weighted by Gasteiger charge is -2.30. The largest absolute Gasteiger partial charge is 0.447 e. The smallest absolute Gasteiger partial charge is 0.308 e. The van der Waals surface area contributed by atoms with Crippen molar-refractivity contribution in [2.45, 2.75) is 32.2 Å². The number of fused-ring (bicyclic) bond motifs is 3. The predicted octanol–water partition coefficient (Wildman–Crippen LogP) is 4.02. The van der Waals surface area contributed by atoms with Crippen LogP contribution >= 0.6 is 11.8 Å². The summed E-state index contributed by atoms with van der Waals surface area (Å²) in [6, 6.07) is 14.3. The third-order valence-corrected chi connectivity index (χ3v) is 5.25. The molecule has 1 amide bonds. The van der Waals surface area contributed by atoms with Crippen LogP contribution in [0.2, 0.25) is 0 Å². The predicted molar refractivity (Wildman–Crippen MR) is 116 cm³/mol. The van der Waals surface area contributed by atoms with E-state index in [1.165, 1.54) is 30.5 Å². The van der Waals surface area contributed by atoms with Gasteiger partial charge in [0.1, 0.15) is 5.75 Å². The van der Waals surface area contributed by atoms with Crippen LogP contribution in [-0.2, 0) is 9.59 Å². The summed E-state index contributed by atoms with van der Waals surface area (Å²) in [5, 5.41) is 9.04. The fourth-order valence-corrected chi connectivity index (χ4v) is 3.86. The molecule has 158 valence electrons. The molecule has 2 aromatic carbocycles. The van der Waals surface area contributed by atoms with Crippen LogP contribution in [0.1, 0.15) is 32.6 Å². The van der Waals surface area contributed by atoms with E-state index in [0.717, 1.165) is 5.75 Å². The number of rotatable bonds is 4. The van der Waals surface area contributed by atoms with Gasteiger partial charge in [-0.2, -0.15) is 4.98 Å². The Morgan fingerprint density at radius 1 is 1.13 bits per heavy atom. The first-order valence-corrected chi connectivity index (χ1v) is 10.7. The van der Waals surface area contributed by atoms with E-state index < -0.39 is 12.2 Å². The van der Waals surface area contributed by atoms with Crippen LogP contribution < -0.4 is 14.4 Å². The summed E-state index contributed by atoms with van der Waals surface area (Å²) in [6.45, 7) is 4.80. The minimum Gasteiger partial charge on any atom is -0.447 e. The van der Waals surface area contributed by atoms with Gasteiger partial charge < -0.3 is 9.47 Å². The first-order valence-electron chi connectivity index (χ1n) is 9.69. The molecule has 0 radical (unpaired) electrons. The van der Waals surface area contributed by atoms with Crippen LogP contribution in [-0.4, -0.2) is 32.8 Å². The number of carbonyl (C=O) groups excluding carboxylic acids is 2. The summed E-state index contributed by atoms with van der Waals surface area (Å²) >= 11 is 1.45. The van der Waals surface area contributed by atoms with Crippen molar-refractivity contribution < 1.29 is 19.1 Å². The van der Waals surface area contributed by atoms with Gasteiger partial charge in [-0.15, -0.1) is 10.2 Å². The lowest BCUT2D eigenvalue weighted by Crippen LogP contribution is -2.36. The first kappa shape index (κ1) is 20.8. The molecule has 1 aliphatic heterocycles. The summed E-state index contributed by atoms with van der Waals surface area (Å²) < 4.78 is 11.5. The highest BCUT2D eigenvalue weighted by molar-refractivity contribution is 7.99. The normalized spacial score (nSPS) is 14.7. The molecule has 0 unspecified atom stereocenters. The number of nitrogens with zero attached hydrogens (tertiary/aromatic N) is 4. The minimum atomic E-state index is -0.841. The van der Waals surface area contributed by atoms with Gasteiger partial charge in [0.15, 0.2) is 5.69 Å². The van der Waals surface area contributed by atoms with Gasteiger partial charge in [-0.3, -0.25) is 14.5 Å². The second-order valence-electron chi connectivity index (χ2n) is 6.72. The van der Waals surface area contributed by atoms with E-state index in [2.05, 4.69) is 15.2 Å². The maximum absolute atomic E-state index is 12.8. The number of para-hydroxylation sites is 1. The van der Waals surface area contributed by atoms with Crippen molar-refractivity contribution in [1.82, 2.24) is 15.2 Å². The van der Waals surface area contributed by atoms with Crippen molar-refractivity contribution >= 4 is 29.3 Å². The zero-order valence-electron chi connectivity index (χ0n) is 17.2. The Labute approximate surface area is 183 Å². The highest BCUT2D eigenvalue weighted by Gasteiger charge is 2.34. The van der Waals surface area contributed by atoms with Crippen LogP contribution in [0.3, 0.4) is 0 Å². The summed E-state index contributed by atoms with van der Waals surface area (Å²) in [6.07, 6.45) is -0.841. The molecule has 0 bridgehead atoms. The summed E-state index contributed by atoms with van der Waals surface area (Å²) in [5.74, 6) is 0.767. The number of aromatic nitrogens is 3. The fourth-order valence-electron chi connectivity index (χ4n) is 3.36. The molecule has 0 saturated carbocycles. The molecule has 0 N–H and O–H groups in total. The molecular formula is C22H20N4O4S. The number of ether oxygens (including phenoxy) is 2. The standard InChI is InChI=1S/C22H20N4O4S/c1-4-31-22-23-20-19(24-25-22)17-10-5-6-11-18(17)26(13(2)27)21(30-20)15-8-7-9-16(12-15)29-14(3)28/h5-12,21H,4H2,1-3H3/t21-/m0/s1. The molecule has 1 aromatic heterocycles. The summed E-state index contributed by atoms with van der Waals surface area (Å²) in [7, 11) is 0. The number of hydrogen-bond acceptors (Lipinski definition) is 8. The second kappa shape index (κ2) is 8.73. The first-order chi connectivity index (χ1) is 15.0. The van der Waals surface area contributed by atoms with Gasteiger partial charge in [0.2, 0.25) is 23.2 Å². The Balaban J connectivity index is 1.90. The van der Waals surface area contributed by atoms with Crippen molar-refractivity contribution in [2.24, 2.45) is 0 Å². The van der Waals surface area contributed by atoms with E-state index in [9.17, 15) is 9.59 Å². The van der Waals surface area contributed by atoms with E-state index in [4.69, 9.17) is 9.47 Å². The van der Waals surface area contributed by atoms with Gasteiger partial charge >= 0.3 is 5.97 Å². The molecule has 0 saturated heterocycles. The van der Waals surface area contributed by atoms with Gasteiger partial charge in [-0.1, -0.05) is 49.0 Å². The molecule has 0 spiro atoms. The molecule has 2 heterocycles. The Morgan fingerprint density at radius 2 is 1.94 bits per heavy atom. The minimum absolute atomic E-state index is 0.223. The van der Waals surface area contributed by atoms with E-state index in [1.54, 1.807) is 24.3 Å². The Hall–Kier alpha value is -3.46. The van der Waals surface area contributed by atoms with E-state index >= 15 is 0 Å². The Morgan fingerprint density at radius 3 is 2.68 bits per heavy atom. The third kappa shape index (κ3) is 4.22. The van der Waals surface area contributed by atoms with Gasteiger partial charge in [0.25, 0.3) is 0 Å². The van der Waals surface area contributed by atoms with Gasteiger partial charge in [-0.25, -0.2) is 0 Å². The van der Waals surface area contributed by atoms with Crippen LogP contribution in [0.25, 0.3) is 11.3 Å². The maximum atomic E-state index is 12.8. The second-order valence-corrected chi connectivity index (χ2v) is 7.95. The Kier molecular flexibility index (Phi) is 5.85. The number of amides is 1. The lowest BCUT2D eigenvalue weighted by molar-refractivity contribution is -0.131. The van der Waals surface area contributed by atoms with E-state index in [0.29, 0.717) is 33.4 Å². The molecular weight excluding hydrogens is 416 g/mol. The molecule has 1 aliphatic rings. The van der Waals surface area contributed by atoms with Crippen LogP contribution in [0, 0.1) is 0 Å². The quantitative estimate of drug-likeness (QED) is 0.344. The third-order valence-electron chi connectivity index (χ3n) is 4.53. The molecule has 0 aliphatic carbocycles. The SMILES string of the molecule is CCSc1nnc2c(n1)O[C@@H](c1cccc(OC(C)=O)c1)N(C(C)=O)c1ccccc1-2. The van der Waals surface area contributed by atoms with Crippen LogP contribution in [0.5, 0.6) is 11.6 Å². The summed E-state index contributed by atoms with van der Waals surface area (Å²) in [4.78, 5) is 30.3. The molecule has 4 rings (SSSR count). The van der Waals surface area contributed by atoms with Crippen molar-refractivity contribution in [3.05, 3.63) is 54.1 Å². The van der Waals surface area contributed by atoms with Gasteiger partial charge in [0, 0.05) is 25.0 Å².